The average molecular weight is 705 g/mol. The molecule has 1 aliphatic rings. The number of carboxylic acid groups (broad SMARTS) is 1. The molecule has 1 aromatic carbocycles. The first-order valence-corrected chi connectivity index (χ1v) is 17.6. The number of hydrogen-bond acceptors (Lipinski definition) is 12. The molecule has 0 aliphatic carbocycles. The molecule has 3 aromatic rings. The molecule has 1 fully saturated rings. The number of carboxylic acids is 1. The zero-order valence-electron chi connectivity index (χ0n) is 27.2. The van der Waals surface area contributed by atoms with Crippen molar-refractivity contribution in [2.75, 3.05) is 25.6 Å². The van der Waals surface area contributed by atoms with Gasteiger partial charge in [-0.25, -0.2) is 19.4 Å². The van der Waals surface area contributed by atoms with E-state index in [4.69, 9.17) is 30.7 Å². The molecule has 1 aliphatic heterocycles. The summed E-state index contributed by atoms with van der Waals surface area (Å²) in [6.07, 6.45) is 10.3. The topological polar surface area (TPSA) is 210 Å². The van der Waals surface area contributed by atoms with Crippen LogP contribution in [0.25, 0.3) is 11.2 Å². The second-order valence-corrected chi connectivity index (χ2v) is 13.4. The zero-order chi connectivity index (χ0) is 35.4. The number of imidazole rings is 1. The van der Waals surface area contributed by atoms with Gasteiger partial charge in [-0.2, -0.15) is 14.4 Å². The van der Waals surface area contributed by atoms with Crippen LogP contribution in [0.4, 0.5) is 10.2 Å². The van der Waals surface area contributed by atoms with E-state index in [1.54, 1.807) is 30.3 Å². The largest absolute Gasteiger partial charge is 0.480 e. The van der Waals surface area contributed by atoms with Gasteiger partial charge in [0.05, 0.1) is 12.9 Å². The molecule has 266 valence electrons. The second kappa shape index (κ2) is 17.6. The molecule has 2 unspecified atom stereocenters. The third-order valence-corrected chi connectivity index (χ3v) is 9.56. The lowest BCUT2D eigenvalue weighted by Crippen LogP contribution is -2.44. The number of nitrogens with zero attached hydrogens (tertiary/aromatic N) is 4. The van der Waals surface area contributed by atoms with Crippen LogP contribution in [0.2, 0.25) is 0 Å². The first-order chi connectivity index (χ1) is 23.5. The second-order valence-electron chi connectivity index (χ2n) is 11.7. The molecule has 0 spiro atoms. The van der Waals surface area contributed by atoms with E-state index in [-0.39, 0.29) is 36.4 Å². The first-order valence-electron chi connectivity index (χ1n) is 16.1. The molecule has 15 nitrogen and oxygen atoms in total. The van der Waals surface area contributed by atoms with Gasteiger partial charge in [0.15, 0.2) is 29.2 Å². The number of carbonyl (C=O) groups is 2. The van der Waals surface area contributed by atoms with Crippen molar-refractivity contribution in [1.29, 1.82) is 0 Å². The summed E-state index contributed by atoms with van der Waals surface area (Å²) in [5.74, 6) is -0.0943. The van der Waals surface area contributed by atoms with Crippen molar-refractivity contribution in [2.45, 2.75) is 88.7 Å². The summed E-state index contributed by atoms with van der Waals surface area (Å²) in [7, 11) is -4.67. The highest BCUT2D eigenvalue weighted by atomic mass is 31.2. The maximum atomic E-state index is 14.1. The SMILES string of the molecule is C#C[C@]1(COP(=O)(NC(Cc2ccccc2)C(=O)O)OCC(=O)OCCCCCCCCC)O[C@@H](n2cnc3c(N)nc(F)nc32)C[C@@H]1O. The molecule has 4 rings (SSSR count). The van der Waals surface area contributed by atoms with Gasteiger partial charge in [-0.1, -0.05) is 81.7 Å². The summed E-state index contributed by atoms with van der Waals surface area (Å²) in [5.41, 5.74) is 4.48. The summed E-state index contributed by atoms with van der Waals surface area (Å²) < 4.78 is 51.6. The van der Waals surface area contributed by atoms with Crippen LogP contribution in [0.5, 0.6) is 0 Å². The monoisotopic (exact) mass is 704 g/mol. The van der Waals surface area contributed by atoms with E-state index in [0.29, 0.717) is 12.0 Å². The van der Waals surface area contributed by atoms with E-state index in [2.05, 4.69) is 32.9 Å². The molecule has 0 amide bonds. The molecular weight excluding hydrogens is 662 g/mol. The Morgan fingerprint density at radius 3 is 2.61 bits per heavy atom. The number of nitrogen functional groups attached to an aromatic ring is 1. The number of rotatable bonds is 20. The number of aliphatic hydroxyl groups is 1. The highest BCUT2D eigenvalue weighted by Crippen LogP contribution is 2.48. The number of aliphatic carboxylic acids is 1. The zero-order valence-corrected chi connectivity index (χ0v) is 28.1. The molecule has 1 saturated heterocycles. The lowest BCUT2D eigenvalue weighted by molar-refractivity contribution is -0.146. The van der Waals surface area contributed by atoms with Crippen LogP contribution in [0.15, 0.2) is 36.7 Å². The van der Waals surface area contributed by atoms with Gasteiger partial charge >= 0.3 is 25.8 Å². The van der Waals surface area contributed by atoms with Crippen molar-refractivity contribution in [3.05, 3.63) is 48.3 Å². The molecule has 5 N–H and O–H groups in total. The lowest BCUT2D eigenvalue weighted by Gasteiger charge is -2.29. The highest BCUT2D eigenvalue weighted by Gasteiger charge is 2.50. The molecule has 3 heterocycles. The van der Waals surface area contributed by atoms with Gasteiger partial charge in [0.2, 0.25) is 0 Å². The minimum Gasteiger partial charge on any atom is -0.480 e. The number of aromatic nitrogens is 4. The Morgan fingerprint density at radius 1 is 1.20 bits per heavy atom. The highest BCUT2D eigenvalue weighted by molar-refractivity contribution is 7.51. The number of fused-ring (bicyclic) bond motifs is 1. The summed E-state index contributed by atoms with van der Waals surface area (Å²) in [4.78, 5) is 36.0. The van der Waals surface area contributed by atoms with E-state index < -0.39 is 63.0 Å². The number of nitrogens with one attached hydrogen (secondary N) is 1. The summed E-state index contributed by atoms with van der Waals surface area (Å²) in [6.45, 7) is 0.670. The maximum Gasteiger partial charge on any atom is 0.406 e. The van der Waals surface area contributed by atoms with Crippen molar-refractivity contribution >= 4 is 36.7 Å². The number of terminal acetylenes is 1. The minimum atomic E-state index is -4.67. The fourth-order valence-corrected chi connectivity index (χ4v) is 6.73. The number of hydrogen-bond donors (Lipinski definition) is 4. The standard InChI is InChI=1S/C32H42FN6O9P/c1-3-5-6-7-8-9-13-16-45-26(41)19-46-49(44,38-23(30(42)43)17-22-14-11-10-12-15-22)47-20-32(4-2)24(40)18-25(48-32)39-21-35-27-28(34)36-31(33)37-29(27)39/h2,10-12,14-15,21,23-25,40H,3,5-9,13,16-20H2,1H3,(H,38,44)(H,42,43)(H2,34,36,37)/t23?,24-,25+,32+,49?/m0/s1. The fourth-order valence-electron chi connectivity index (χ4n) is 5.29. The maximum absolute atomic E-state index is 14.1. The van der Waals surface area contributed by atoms with E-state index in [1.807, 2.05) is 0 Å². The smallest absolute Gasteiger partial charge is 0.406 e. The van der Waals surface area contributed by atoms with Crippen LogP contribution in [-0.2, 0) is 39.1 Å². The number of nitrogens with two attached hydrogens (primary N) is 1. The minimum absolute atomic E-state index is 0.0215. The van der Waals surface area contributed by atoms with Crippen LogP contribution in [-0.4, -0.2) is 79.2 Å². The Kier molecular flexibility index (Phi) is 13.6. The molecule has 0 saturated carbocycles. The molecule has 5 atom stereocenters. The molecule has 2 aromatic heterocycles. The van der Waals surface area contributed by atoms with E-state index in [9.17, 15) is 28.8 Å². The number of carbonyl (C=O) groups excluding carboxylic acids is 1. The van der Waals surface area contributed by atoms with Crippen LogP contribution >= 0.6 is 7.75 Å². The molecule has 49 heavy (non-hydrogen) atoms. The van der Waals surface area contributed by atoms with Crippen molar-refractivity contribution < 1.29 is 47.3 Å². The Balaban J connectivity index is 1.46. The predicted octanol–water partition coefficient (Wildman–Crippen LogP) is 3.92. The molecule has 0 radical (unpaired) electrons. The molecule has 17 heteroatoms. The Hall–Kier alpha value is -3.97. The summed E-state index contributed by atoms with van der Waals surface area (Å²) in [5, 5.41) is 23.4. The fraction of sp³-hybridized carbons (Fsp3) is 0.531. The number of ether oxygens (including phenoxy) is 2. The van der Waals surface area contributed by atoms with Crippen molar-refractivity contribution in [2.24, 2.45) is 0 Å². The van der Waals surface area contributed by atoms with Gasteiger partial charge < -0.3 is 25.4 Å². The van der Waals surface area contributed by atoms with Crippen LogP contribution in [0, 0.1) is 18.4 Å². The molecule has 0 bridgehead atoms. The first kappa shape index (κ1) is 37.8. The van der Waals surface area contributed by atoms with Gasteiger partial charge in [0.1, 0.15) is 25.0 Å². The van der Waals surface area contributed by atoms with Crippen molar-refractivity contribution in [3.63, 3.8) is 0 Å². The van der Waals surface area contributed by atoms with Gasteiger partial charge in [-0.15, -0.1) is 6.42 Å². The van der Waals surface area contributed by atoms with E-state index in [0.717, 1.165) is 32.1 Å². The van der Waals surface area contributed by atoms with Crippen LogP contribution in [0.3, 0.4) is 0 Å². The van der Waals surface area contributed by atoms with Gasteiger partial charge in [0, 0.05) is 6.42 Å². The van der Waals surface area contributed by atoms with Crippen LogP contribution < -0.4 is 10.8 Å². The summed E-state index contributed by atoms with van der Waals surface area (Å²) >= 11 is 0. The predicted molar refractivity (Wildman–Crippen MR) is 175 cm³/mol. The summed E-state index contributed by atoms with van der Waals surface area (Å²) in [6, 6.07) is 7.07. The Bertz CT molecular complexity index is 1650. The van der Waals surface area contributed by atoms with Gasteiger partial charge in [-0.05, 0) is 18.4 Å². The van der Waals surface area contributed by atoms with Gasteiger partial charge in [-0.3, -0.25) is 18.4 Å². The molecular formula is C32H42FN6O9P. The number of aliphatic hydroxyl groups excluding tert-OH is 1. The Morgan fingerprint density at radius 2 is 1.92 bits per heavy atom. The number of unbranched alkanes of at least 4 members (excludes halogenated alkanes) is 6. The normalized spacial score (nSPS) is 20.9. The third-order valence-electron chi connectivity index (χ3n) is 7.99. The average Bonchev–Trinajstić information content (AvgIpc) is 3.65. The van der Waals surface area contributed by atoms with E-state index in [1.165, 1.54) is 17.3 Å². The van der Waals surface area contributed by atoms with Gasteiger partial charge in [0.25, 0.3) is 0 Å². The van der Waals surface area contributed by atoms with Crippen LogP contribution in [0.1, 0.15) is 70.1 Å². The van der Waals surface area contributed by atoms with E-state index >= 15 is 0 Å². The van der Waals surface area contributed by atoms with Crippen molar-refractivity contribution in [3.8, 4) is 12.3 Å². The lowest BCUT2D eigenvalue weighted by atomic mass is 9.99. The quantitative estimate of drug-likeness (QED) is 0.0432. The number of halogens is 1. The van der Waals surface area contributed by atoms with Crippen molar-refractivity contribution in [1.82, 2.24) is 24.6 Å². The number of anilines is 1. The Labute approximate surface area is 283 Å². The third kappa shape index (κ3) is 10.3. The number of benzene rings is 1. The number of esters is 1.